The number of halogens is 6. The number of amides is 2. The second kappa shape index (κ2) is 10.6. The lowest BCUT2D eigenvalue weighted by Gasteiger charge is -2.36. The van der Waals surface area contributed by atoms with Gasteiger partial charge in [-0.25, -0.2) is 9.18 Å². The highest BCUT2D eigenvalue weighted by molar-refractivity contribution is 6.30. The summed E-state index contributed by atoms with van der Waals surface area (Å²) in [6.07, 6.45) is 0.0366. The van der Waals surface area contributed by atoms with Gasteiger partial charge >= 0.3 is 12.2 Å². The van der Waals surface area contributed by atoms with Crippen LogP contribution in [-0.2, 0) is 18.1 Å². The second-order valence-corrected chi connectivity index (χ2v) is 9.75. The zero-order chi connectivity index (χ0) is 25.9. The Balaban J connectivity index is 1.89. The highest BCUT2D eigenvalue weighted by Crippen LogP contribution is 2.38. The Morgan fingerprint density at radius 1 is 0.944 bits per heavy atom. The molecule has 0 aliphatic heterocycles. The van der Waals surface area contributed by atoms with E-state index >= 15 is 0 Å². The Kier molecular flexibility index (Phi) is 7.76. The lowest BCUT2D eigenvalue weighted by Crippen LogP contribution is -2.54. The summed E-state index contributed by atoms with van der Waals surface area (Å²) in [5.74, 6) is -1.09. The summed E-state index contributed by atoms with van der Waals surface area (Å²) in [5.41, 5.74) is -2.12. The fourth-order valence-electron chi connectivity index (χ4n) is 4.54. The number of pyridine rings is 1. The topological polar surface area (TPSA) is 54.0 Å². The molecular formula is C26H23Cl2F4N3O. The smallest absolute Gasteiger partial charge is 0.335 e. The molecule has 0 bridgehead atoms. The molecule has 10 heteroatoms. The number of nitrogens with zero attached hydrogens (tertiary/aromatic N) is 1. The first-order valence-corrected chi connectivity index (χ1v) is 12.1. The molecule has 2 N–H and O–H groups in total. The first-order valence-electron chi connectivity index (χ1n) is 11.4. The standard InChI is InChI=1S/C26H23Cl2F4N3O/c27-19-7-5-16(6-8-19)14-25(23-10-9-20(28)15-33-23,35-24(36)34-22-3-1-2-4-22)17-11-18(26(30,31)32)13-21(29)12-17/h5-13,15,22H,1-4,14H2,(H2,34,35,36)/t25-/m0/s1. The lowest BCUT2D eigenvalue weighted by atomic mass is 9.79. The summed E-state index contributed by atoms with van der Waals surface area (Å²) in [7, 11) is 0. The van der Waals surface area contributed by atoms with E-state index in [4.69, 9.17) is 23.2 Å². The van der Waals surface area contributed by atoms with Gasteiger partial charge in [-0.3, -0.25) is 4.98 Å². The van der Waals surface area contributed by atoms with Gasteiger partial charge in [0.2, 0.25) is 0 Å². The molecule has 0 unspecified atom stereocenters. The van der Waals surface area contributed by atoms with Crippen molar-refractivity contribution in [2.24, 2.45) is 0 Å². The molecule has 1 fully saturated rings. The van der Waals surface area contributed by atoms with Crippen LogP contribution in [0.5, 0.6) is 0 Å². The van der Waals surface area contributed by atoms with Crippen LogP contribution in [0.1, 0.15) is 48.1 Å². The largest absolute Gasteiger partial charge is 0.416 e. The molecule has 1 saturated carbocycles. The van der Waals surface area contributed by atoms with E-state index in [0.29, 0.717) is 21.7 Å². The molecule has 0 radical (unpaired) electrons. The van der Waals surface area contributed by atoms with E-state index in [0.717, 1.165) is 37.8 Å². The van der Waals surface area contributed by atoms with E-state index < -0.39 is 29.1 Å². The monoisotopic (exact) mass is 539 g/mol. The van der Waals surface area contributed by atoms with Crippen molar-refractivity contribution >= 4 is 29.2 Å². The summed E-state index contributed by atoms with van der Waals surface area (Å²) in [6.45, 7) is 0. The minimum absolute atomic E-state index is 0.0301. The predicted octanol–water partition coefficient (Wildman–Crippen LogP) is 7.27. The second-order valence-electron chi connectivity index (χ2n) is 8.88. The molecule has 1 aromatic heterocycles. The highest BCUT2D eigenvalue weighted by Gasteiger charge is 2.41. The van der Waals surface area contributed by atoms with E-state index in [1.807, 2.05) is 0 Å². The van der Waals surface area contributed by atoms with Crippen LogP contribution in [0, 0.1) is 5.82 Å². The average molecular weight is 540 g/mol. The third kappa shape index (κ3) is 6.10. The van der Waals surface area contributed by atoms with Crippen molar-refractivity contribution < 1.29 is 22.4 Å². The van der Waals surface area contributed by atoms with Crippen molar-refractivity contribution in [3.63, 3.8) is 0 Å². The van der Waals surface area contributed by atoms with Crippen LogP contribution in [0.4, 0.5) is 22.4 Å². The molecule has 0 spiro atoms. The number of hydrogen-bond acceptors (Lipinski definition) is 2. The zero-order valence-corrected chi connectivity index (χ0v) is 20.5. The van der Waals surface area contributed by atoms with E-state index in [1.165, 1.54) is 18.3 Å². The summed E-state index contributed by atoms with van der Waals surface area (Å²) >= 11 is 12.1. The molecule has 190 valence electrons. The molecule has 4 rings (SSSR count). The number of benzene rings is 2. The highest BCUT2D eigenvalue weighted by atomic mass is 35.5. The Labute approximate surface area is 216 Å². The average Bonchev–Trinajstić information content (AvgIpc) is 3.32. The van der Waals surface area contributed by atoms with Crippen LogP contribution in [-0.4, -0.2) is 17.1 Å². The van der Waals surface area contributed by atoms with Gasteiger partial charge in [0.25, 0.3) is 0 Å². The van der Waals surface area contributed by atoms with Crippen molar-refractivity contribution in [2.45, 2.75) is 49.9 Å². The number of hydrogen-bond donors (Lipinski definition) is 2. The molecule has 36 heavy (non-hydrogen) atoms. The minimum atomic E-state index is -4.80. The van der Waals surface area contributed by atoms with E-state index in [9.17, 15) is 22.4 Å². The van der Waals surface area contributed by atoms with Crippen molar-refractivity contribution in [3.05, 3.63) is 99.0 Å². The van der Waals surface area contributed by atoms with Crippen LogP contribution in [0.2, 0.25) is 10.0 Å². The number of carbonyl (C=O) groups is 1. The lowest BCUT2D eigenvalue weighted by molar-refractivity contribution is -0.137. The molecular weight excluding hydrogens is 517 g/mol. The van der Waals surface area contributed by atoms with Gasteiger partial charge in [0.1, 0.15) is 11.4 Å². The molecule has 1 aliphatic carbocycles. The minimum Gasteiger partial charge on any atom is -0.335 e. The van der Waals surface area contributed by atoms with E-state index in [-0.39, 0.29) is 23.7 Å². The van der Waals surface area contributed by atoms with Crippen LogP contribution in [0.15, 0.2) is 60.8 Å². The molecule has 0 saturated heterocycles. The third-order valence-electron chi connectivity index (χ3n) is 6.28. The number of alkyl halides is 3. The summed E-state index contributed by atoms with van der Waals surface area (Å²) in [4.78, 5) is 17.6. The van der Waals surface area contributed by atoms with Gasteiger partial charge in [0.05, 0.1) is 16.3 Å². The molecule has 1 aliphatic rings. The van der Waals surface area contributed by atoms with Crippen molar-refractivity contribution in [2.75, 3.05) is 0 Å². The van der Waals surface area contributed by atoms with Crippen LogP contribution < -0.4 is 10.6 Å². The first-order chi connectivity index (χ1) is 17.0. The molecule has 4 nitrogen and oxygen atoms in total. The molecule has 2 aromatic carbocycles. The van der Waals surface area contributed by atoms with E-state index in [1.54, 1.807) is 24.3 Å². The molecule has 1 atom stereocenters. The van der Waals surface area contributed by atoms with Gasteiger partial charge in [-0.1, -0.05) is 48.2 Å². The van der Waals surface area contributed by atoms with Gasteiger partial charge in [-0.2, -0.15) is 13.2 Å². The number of urea groups is 1. The SMILES string of the molecule is O=C(NC1CCCC1)N[C@@](Cc1ccc(Cl)cc1)(c1cc(F)cc(C(F)(F)F)c1)c1ccc(Cl)cn1. The first kappa shape index (κ1) is 26.2. The number of nitrogens with one attached hydrogen (secondary N) is 2. The summed E-state index contributed by atoms with van der Waals surface area (Å²) < 4.78 is 55.7. The maximum atomic E-state index is 14.6. The molecule has 2 amide bonds. The van der Waals surface area contributed by atoms with Crippen LogP contribution in [0.25, 0.3) is 0 Å². The van der Waals surface area contributed by atoms with Gasteiger partial charge in [-0.15, -0.1) is 0 Å². The number of carbonyl (C=O) groups excluding carboxylic acids is 1. The quantitative estimate of drug-likeness (QED) is 0.323. The van der Waals surface area contributed by atoms with Crippen molar-refractivity contribution in [1.29, 1.82) is 0 Å². The van der Waals surface area contributed by atoms with Gasteiger partial charge in [-0.05, 0) is 66.4 Å². The summed E-state index contributed by atoms with van der Waals surface area (Å²) in [5, 5.41) is 6.51. The Bertz CT molecular complexity index is 1210. The van der Waals surface area contributed by atoms with E-state index in [2.05, 4.69) is 15.6 Å². The molecule has 1 heterocycles. The Morgan fingerprint density at radius 3 is 2.19 bits per heavy atom. The van der Waals surface area contributed by atoms with Crippen molar-refractivity contribution in [3.8, 4) is 0 Å². The normalized spacial score (nSPS) is 15.9. The number of rotatable bonds is 6. The van der Waals surface area contributed by atoms with Crippen molar-refractivity contribution in [1.82, 2.24) is 15.6 Å². The van der Waals surface area contributed by atoms with Crippen LogP contribution >= 0.6 is 23.2 Å². The zero-order valence-electron chi connectivity index (χ0n) is 19.0. The maximum absolute atomic E-state index is 14.6. The van der Waals surface area contributed by atoms with Gasteiger partial charge in [0.15, 0.2) is 0 Å². The van der Waals surface area contributed by atoms with Crippen LogP contribution in [0.3, 0.4) is 0 Å². The predicted molar refractivity (Wildman–Crippen MR) is 131 cm³/mol. The van der Waals surface area contributed by atoms with Gasteiger partial charge < -0.3 is 10.6 Å². The Hall–Kier alpha value is -2.84. The fourth-order valence-corrected chi connectivity index (χ4v) is 4.78. The molecule has 3 aromatic rings. The van der Waals surface area contributed by atoms with Gasteiger partial charge in [0, 0.05) is 23.7 Å². The Morgan fingerprint density at radius 2 is 1.58 bits per heavy atom. The third-order valence-corrected chi connectivity index (χ3v) is 6.76. The number of aromatic nitrogens is 1. The maximum Gasteiger partial charge on any atom is 0.416 e. The summed E-state index contributed by atoms with van der Waals surface area (Å²) in [6, 6.07) is 11.2. The fraction of sp³-hybridized carbons (Fsp3) is 0.308.